The van der Waals surface area contributed by atoms with Crippen LogP contribution in [0.25, 0.3) is 0 Å². The predicted octanol–water partition coefficient (Wildman–Crippen LogP) is 2.30. The summed E-state index contributed by atoms with van der Waals surface area (Å²) in [7, 11) is 0. The van der Waals surface area contributed by atoms with Crippen molar-refractivity contribution >= 4 is 6.08 Å². The van der Waals surface area contributed by atoms with Crippen LogP contribution in [-0.2, 0) is 11.2 Å². The molecule has 1 aromatic carbocycles. The Labute approximate surface area is 99.5 Å². The molecular weight excluding hydrogens is 216 g/mol. The van der Waals surface area contributed by atoms with E-state index in [1.54, 1.807) is 6.07 Å². The number of fused-ring (bicyclic) bond motifs is 1. The summed E-state index contributed by atoms with van der Waals surface area (Å²) in [5.41, 5.74) is 1.41. The number of benzene rings is 1. The Morgan fingerprint density at radius 2 is 2.29 bits per heavy atom. The molecule has 1 aromatic rings. The summed E-state index contributed by atoms with van der Waals surface area (Å²) in [5.74, 6) is 0.683. The predicted molar refractivity (Wildman–Crippen MR) is 61.3 cm³/mol. The molecule has 1 atom stereocenters. The zero-order valence-corrected chi connectivity index (χ0v) is 9.73. The van der Waals surface area contributed by atoms with Crippen LogP contribution in [0.3, 0.4) is 0 Å². The van der Waals surface area contributed by atoms with Crippen molar-refractivity contribution < 1.29 is 9.53 Å². The lowest BCUT2D eigenvalue weighted by Gasteiger charge is -2.18. The molecule has 0 aliphatic carbocycles. The van der Waals surface area contributed by atoms with Gasteiger partial charge in [-0.05, 0) is 19.4 Å². The molecule has 4 heteroatoms. The molecule has 1 aliphatic heterocycles. The first-order valence-electron chi connectivity index (χ1n) is 5.35. The van der Waals surface area contributed by atoms with Crippen LogP contribution < -0.4 is 4.74 Å². The van der Waals surface area contributed by atoms with E-state index >= 15 is 0 Å². The molecule has 0 bridgehead atoms. The van der Waals surface area contributed by atoms with E-state index in [9.17, 15) is 4.79 Å². The van der Waals surface area contributed by atoms with Crippen molar-refractivity contribution in [2.24, 2.45) is 4.99 Å². The minimum atomic E-state index is -0.837. The SMILES string of the molecule is CC1(C)Cc2cccc(C(C#N)N=C=O)c2O1. The molecule has 0 spiro atoms. The van der Waals surface area contributed by atoms with Gasteiger partial charge in [0, 0.05) is 12.0 Å². The van der Waals surface area contributed by atoms with E-state index in [0.717, 1.165) is 12.0 Å². The van der Waals surface area contributed by atoms with E-state index in [4.69, 9.17) is 10.00 Å². The van der Waals surface area contributed by atoms with E-state index in [2.05, 4.69) is 4.99 Å². The van der Waals surface area contributed by atoms with Crippen molar-refractivity contribution in [2.75, 3.05) is 0 Å². The highest BCUT2D eigenvalue weighted by Gasteiger charge is 2.33. The number of hydrogen-bond acceptors (Lipinski definition) is 4. The monoisotopic (exact) mass is 228 g/mol. The summed E-state index contributed by atoms with van der Waals surface area (Å²) < 4.78 is 5.81. The van der Waals surface area contributed by atoms with Crippen LogP contribution in [0.5, 0.6) is 5.75 Å². The van der Waals surface area contributed by atoms with E-state index in [1.165, 1.54) is 6.08 Å². The van der Waals surface area contributed by atoms with E-state index in [1.807, 2.05) is 32.0 Å². The van der Waals surface area contributed by atoms with Crippen molar-refractivity contribution in [3.8, 4) is 11.8 Å². The lowest BCUT2D eigenvalue weighted by Crippen LogP contribution is -2.25. The van der Waals surface area contributed by atoms with Crippen molar-refractivity contribution in [1.29, 1.82) is 5.26 Å². The standard InChI is InChI=1S/C13H12N2O2/c1-13(2)6-9-4-3-5-10(12(9)17-13)11(7-14)15-8-16/h3-5,11H,6H2,1-2H3. The second-order valence-electron chi connectivity index (χ2n) is 4.63. The summed E-state index contributed by atoms with van der Waals surface area (Å²) in [6.07, 6.45) is 2.22. The first-order chi connectivity index (χ1) is 8.07. The van der Waals surface area contributed by atoms with E-state index < -0.39 is 6.04 Å². The van der Waals surface area contributed by atoms with Gasteiger partial charge in [-0.3, -0.25) is 0 Å². The lowest BCUT2D eigenvalue weighted by molar-refractivity contribution is 0.137. The van der Waals surface area contributed by atoms with Crippen molar-refractivity contribution in [2.45, 2.75) is 31.9 Å². The van der Waals surface area contributed by atoms with Crippen LogP contribution in [-0.4, -0.2) is 11.7 Å². The molecule has 2 rings (SSSR count). The third-order valence-electron chi connectivity index (χ3n) is 2.72. The first-order valence-corrected chi connectivity index (χ1v) is 5.35. The molecule has 0 saturated heterocycles. The number of para-hydroxylation sites is 1. The highest BCUT2D eigenvalue weighted by Crippen LogP contribution is 2.40. The van der Waals surface area contributed by atoms with Gasteiger partial charge in [-0.1, -0.05) is 18.2 Å². The van der Waals surface area contributed by atoms with Gasteiger partial charge < -0.3 is 4.74 Å². The Morgan fingerprint density at radius 1 is 1.53 bits per heavy atom. The highest BCUT2D eigenvalue weighted by atomic mass is 16.5. The molecule has 0 amide bonds. The molecular formula is C13H12N2O2. The van der Waals surface area contributed by atoms with Crippen LogP contribution in [0.4, 0.5) is 0 Å². The number of rotatable bonds is 2. The number of carbonyl (C=O) groups excluding carboxylic acids is 1. The number of nitriles is 1. The molecule has 0 aromatic heterocycles. The third-order valence-corrected chi connectivity index (χ3v) is 2.72. The van der Waals surface area contributed by atoms with Crippen LogP contribution in [0.15, 0.2) is 23.2 Å². The minimum absolute atomic E-state index is 0.274. The summed E-state index contributed by atoms with van der Waals surface area (Å²) in [6.45, 7) is 3.97. The van der Waals surface area contributed by atoms with Crippen LogP contribution >= 0.6 is 0 Å². The Bertz CT molecular complexity index is 537. The Balaban J connectivity index is 2.49. The fourth-order valence-corrected chi connectivity index (χ4v) is 2.08. The molecule has 0 radical (unpaired) electrons. The molecule has 1 unspecified atom stereocenters. The van der Waals surface area contributed by atoms with Gasteiger partial charge >= 0.3 is 0 Å². The third kappa shape index (κ3) is 2.06. The molecule has 0 fully saturated rings. The average Bonchev–Trinajstić information content (AvgIpc) is 2.59. The average molecular weight is 228 g/mol. The zero-order valence-electron chi connectivity index (χ0n) is 9.73. The number of nitrogens with zero attached hydrogens (tertiary/aromatic N) is 2. The minimum Gasteiger partial charge on any atom is -0.487 e. The van der Waals surface area contributed by atoms with Gasteiger partial charge in [0.15, 0.2) is 6.04 Å². The lowest BCUT2D eigenvalue weighted by atomic mass is 9.99. The molecule has 1 heterocycles. The van der Waals surface area contributed by atoms with Crippen molar-refractivity contribution in [3.05, 3.63) is 29.3 Å². The van der Waals surface area contributed by atoms with E-state index in [-0.39, 0.29) is 5.60 Å². The molecule has 0 saturated carbocycles. The van der Waals surface area contributed by atoms with Crippen molar-refractivity contribution in [3.63, 3.8) is 0 Å². The second kappa shape index (κ2) is 4.04. The Morgan fingerprint density at radius 3 is 2.94 bits per heavy atom. The van der Waals surface area contributed by atoms with Crippen molar-refractivity contribution in [1.82, 2.24) is 0 Å². The smallest absolute Gasteiger partial charge is 0.236 e. The molecule has 86 valence electrons. The second-order valence-corrected chi connectivity index (χ2v) is 4.63. The fourth-order valence-electron chi connectivity index (χ4n) is 2.08. The van der Waals surface area contributed by atoms with Gasteiger partial charge in [0.1, 0.15) is 11.4 Å². The molecule has 0 N–H and O–H groups in total. The van der Waals surface area contributed by atoms with Gasteiger partial charge in [-0.2, -0.15) is 10.3 Å². The fraction of sp³-hybridized carbons (Fsp3) is 0.385. The van der Waals surface area contributed by atoms with Gasteiger partial charge in [-0.15, -0.1) is 0 Å². The number of isocyanates is 1. The Kier molecular flexibility index (Phi) is 2.71. The summed E-state index contributed by atoms with van der Waals surface area (Å²) >= 11 is 0. The summed E-state index contributed by atoms with van der Waals surface area (Å²) in [5, 5.41) is 8.99. The molecule has 1 aliphatic rings. The molecule has 4 nitrogen and oxygen atoms in total. The first kappa shape index (κ1) is 11.4. The summed E-state index contributed by atoms with van der Waals surface area (Å²) in [6, 6.07) is 6.71. The highest BCUT2D eigenvalue weighted by molar-refractivity contribution is 5.50. The maximum absolute atomic E-state index is 10.3. The maximum Gasteiger partial charge on any atom is 0.236 e. The zero-order chi connectivity index (χ0) is 12.5. The van der Waals surface area contributed by atoms with E-state index in [0.29, 0.717) is 11.3 Å². The van der Waals surface area contributed by atoms with Gasteiger partial charge in [-0.25, -0.2) is 4.79 Å². The normalized spacial score (nSPS) is 17.2. The van der Waals surface area contributed by atoms with Gasteiger partial charge in [0.05, 0.1) is 6.07 Å². The topological polar surface area (TPSA) is 62.5 Å². The maximum atomic E-state index is 10.3. The van der Waals surface area contributed by atoms with Gasteiger partial charge in [0.25, 0.3) is 0 Å². The molecule has 17 heavy (non-hydrogen) atoms. The van der Waals surface area contributed by atoms with Crippen LogP contribution in [0.1, 0.15) is 31.0 Å². The largest absolute Gasteiger partial charge is 0.487 e. The van der Waals surface area contributed by atoms with Gasteiger partial charge in [0.2, 0.25) is 6.08 Å². The number of ether oxygens (including phenoxy) is 1. The number of hydrogen-bond donors (Lipinski definition) is 0. The Hall–Kier alpha value is -2.11. The van der Waals surface area contributed by atoms with Crippen LogP contribution in [0, 0.1) is 11.3 Å². The number of aliphatic imine (C=N–C) groups is 1. The quantitative estimate of drug-likeness (QED) is 0.576. The van der Waals surface area contributed by atoms with Crippen LogP contribution in [0.2, 0.25) is 0 Å². The summed E-state index contributed by atoms with van der Waals surface area (Å²) in [4.78, 5) is 13.8.